The van der Waals surface area contributed by atoms with Crippen molar-refractivity contribution in [2.24, 2.45) is 0 Å². The molecule has 2 rings (SSSR count). The molecule has 0 bridgehead atoms. The summed E-state index contributed by atoms with van der Waals surface area (Å²) in [5.74, 6) is 0. The third-order valence-electron chi connectivity index (χ3n) is 3.21. The van der Waals surface area contributed by atoms with Crippen molar-refractivity contribution in [3.8, 4) is 6.07 Å². The Morgan fingerprint density at radius 1 is 1.00 bits per heavy atom. The summed E-state index contributed by atoms with van der Waals surface area (Å²) in [6.45, 7) is 6.57. The molecule has 2 aromatic carbocycles. The molecule has 0 amide bonds. The van der Waals surface area contributed by atoms with Crippen molar-refractivity contribution in [2.45, 2.75) is 26.2 Å². The van der Waals surface area contributed by atoms with Crippen molar-refractivity contribution in [3.63, 3.8) is 0 Å². The van der Waals surface area contributed by atoms with Gasteiger partial charge in [0.15, 0.2) is 0 Å². The van der Waals surface area contributed by atoms with E-state index in [0.29, 0.717) is 11.3 Å². The molecule has 0 aliphatic carbocycles. The van der Waals surface area contributed by atoms with Gasteiger partial charge in [0, 0.05) is 17.1 Å². The molecule has 102 valence electrons. The molecule has 0 aliphatic rings. The number of nitrogen functional groups attached to an aromatic ring is 1. The Morgan fingerprint density at radius 2 is 1.60 bits per heavy atom. The number of hydrogen-bond donors (Lipinski definition) is 2. The van der Waals surface area contributed by atoms with Gasteiger partial charge in [0.1, 0.15) is 6.07 Å². The number of nitrogens with two attached hydrogens (primary N) is 1. The maximum Gasteiger partial charge on any atom is 0.101 e. The molecule has 0 unspecified atom stereocenters. The maximum absolute atomic E-state index is 8.98. The van der Waals surface area contributed by atoms with Crippen LogP contribution in [-0.4, -0.2) is 0 Å². The molecule has 0 heterocycles. The van der Waals surface area contributed by atoms with Crippen molar-refractivity contribution < 1.29 is 0 Å². The zero-order valence-electron chi connectivity index (χ0n) is 12.1. The zero-order chi connectivity index (χ0) is 14.8. The Labute approximate surface area is 120 Å². The minimum absolute atomic E-state index is 0.147. The van der Waals surface area contributed by atoms with E-state index in [2.05, 4.69) is 44.3 Å². The summed E-state index contributed by atoms with van der Waals surface area (Å²) in [5, 5.41) is 12.3. The van der Waals surface area contributed by atoms with Gasteiger partial charge in [-0.3, -0.25) is 0 Å². The monoisotopic (exact) mass is 265 g/mol. The Bertz CT molecular complexity index is 643. The first-order valence-electron chi connectivity index (χ1n) is 6.57. The lowest BCUT2D eigenvalue weighted by Crippen LogP contribution is -2.10. The van der Waals surface area contributed by atoms with Gasteiger partial charge < -0.3 is 11.1 Å². The van der Waals surface area contributed by atoms with Gasteiger partial charge in [-0.25, -0.2) is 0 Å². The summed E-state index contributed by atoms with van der Waals surface area (Å²) in [6, 6.07) is 15.8. The van der Waals surface area contributed by atoms with Gasteiger partial charge >= 0.3 is 0 Å². The van der Waals surface area contributed by atoms with E-state index in [4.69, 9.17) is 11.0 Å². The fourth-order valence-corrected chi connectivity index (χ4v) is 1.95. The van der Waals surface area contributed by atoms with Crippen LogP contribution in [0.15, 0.2) is 42.5 Å². The molecule has 0 spiro atoms. The highest BCUT2D eigenvalue weighted by Crippen LogP contribution is 2.25. The standard InChI is InChI=1S/C17H19N3/c1-17(2,3)13-4-6-14(7-5-13)20-15-8-9-16(19)12(10-15)11-18/h4-10,20H,19H2,1-3H3. The molecule has 0 saturated carbocycles. The maximum atomic E-state index is 8.98. The smallest absolute Gasteiger partial charge is 0.101 e. The van der Waals surface area contributed by atoms with E-state index in [0.717, 1.165) is 11.4 Å². The third-order valence-corrected chi connectivity index (χ3v) is 3.21. The topological polar surface area (TPSA) is 61.8 Å². The van der Waals surface area contributed by atoms with Crippen LogP contribution >= 0.6 is 0 Å². The van der Waals surface area contributed by atoms with Crippen molar-refractivity contribution in [3.05, 3.63) is 53.6 Å². The highest BCUT2D eigenvalue weighted by molar-refractivity contribution is 5.67. The van der Waals surface area contributed by atoms with Crippen molar-refractivity contribution in [1.29, 1.82) is 5.26 Å². The molecule has 0 aromatic heterocycles. The SMILES string of the molecule is CC(C)(C)c1ccc(Nc2ccc(N)c(C#N)c2)cc1. The summed E-state index contributed by atoms with van der Waals surface area (Å²) in [6.07, 6.45) is 0. The highest BCUT2D eigenvalue weighted by atomic mass is 14.9. The fraction of sp³-hybridized carbons (Fsp3) is 0.235. The number of hydrogen-bond acceptors (Lipinski definition) is 3. The lowest BCUT2D eigenvalue weighted by atomic mass is 9.87. The van der Waals surface area contributed by atoms with Gasteiger partial charge in [-0.1, -0.05) is 32.9 Å². The van der Waals surface area contributed by atoms with E-state index < -0.39 is 0 Å². The van der Waals surface area contributed by atoms with Gasteiger partial charge in [-0.2, -0.15) is 5.26 Å². The molecule has 0 saturated heterocycles. The van der Waals surface area contributed by atoms with E-state index in [1.165, 1.54) is 5.56 Å². The normalized spacial score (nSPS) is 10.9. The summed E-state index contributed by atoms with van der Waals surface area (Å²) in [5.41, 5.74) is 9.99. The lowest BCUT2D eigenvalue weighted by molar-refractivity contribution is 0.590. The molecule has 0 radical (unpaired) electrons. The van der Waals surface area contributed by atoms with Crippen LogP contribution in [0, 0.1) is 11.3 Å². The molecular formula is C17H19N3. The molecule has 3 heteroatoms. The number of anilines is 3. The van der Waals surface area contributed by atoms with E-state index in [1.807, 2.05) is 18.2 Å². The van der Waals surface area contributed by atoms with Crippen LogP contribution in [0.25, 0.3) is 0 Å². The van der Waals surface area contributed by atoms with E-state index in [9.17, 15) is 0 Å². The molecular weight excluding hydrogens is 246 g/mol. The number of rotatable bonds is 2. The van der Waals surface area contributed by atoms with Crippen LogP contribution in [0.5, 0.6) is 0 Å². The minimum Gasteiger partial charge on any atom is -0.398 e. The summed E-state index contributed by atoms with van der Waals surface area (Å²) in [4.78, 5) is 0. The first-order chi connectivity index (χ1) is 9.40. The van der Waals surface area contributed by atoms with Crippen LogP contribution in [0.3, 0.4) is 0 Å². The number of nitrogens with one attached hydrogen (secondary N) is 1. The fourth-order valence-electron chi connectivity index (χ4n) is 1.95. The van der Waals surface area contributed by atoms with Crippen molar-refractivity contribution >= 4 is 17.1 Å². The van der Waals surface area contributed by atoms with Crippen LogP contribution in [0.2, 0.25) is 0 Å². The molecule has 2 aromatic rings. The van der Waals surface area contributed by atoms with E-state index >= 15 is 0 Å². The second kappa shape index (κ2) is 5.26. The number of nitrogens with zero attached hydrogens (tertiary/aromatic N) is 1. The van der Waals surface area contributed by atoms with E-state index in [-0.39, 0.29) is 5.41 Å². The van der Waals surface area contributed by atoms with Gasteiger partial charge in [0.25, 0.3) is 0 Å². The molecule has 0 atom stereocenters. The minimum atomic E-state index is 0.147. The quantitative estimate of drug-likeness (QED) is 0.801. The summed E-state index contributed by atoms with van der Waals surface area (Å²) in [7, 11) is 0. The van der Waals surface area contributed by atoms with Crippen LogP contribution in [0.1, 0.15) is 31.9 Å². The van der Waals surface area contributed by atoms with Gasteiger partial charge in [0.05, 0.1) is 5.56 Å². The average molecular weight is 265 g/mol. The predicted molar refractivity (Wildman–Crippen MR) is 84.0 cm³/mol. The summed E-state index contributed by atoms with van der Waals surface area (Å²) >= 11 is 0. The molecule has 0 fully saturated rings. The van der Waals surface area contributed by atoms with Crippen molar-refractivity contribution in [1.82, 2.24) is 0 Å². The first-order valence-corrected chi connectivity index (χ1v) is 6.57. The van der Waals surface area contributed by atoms with Crippen molar-refractivity contribution in [2.75, 3.05) is 11.1 Å². The Hall–Kier alpha value is -2.47. The third kappa shape index (κ3) is 3.10. The largest absolute Gasteiger partial charge is 0.398 e. The average Bonchev–Trinajstić information content (AvgIpc) is 2.40. The van der Waals surface area contributed by atoms with Crippen LogP contribution in [-0.2, 0) is 5.41 Å². The highest BCUT2D eigenvalue weighted by Gasteiger charge is 2.12. The molecule has 20 heavy (non-hydrogen) atoms. The van der Waals surface area contributed by atoms with E-state index in [1.54, 1.807) is 12.1 Å². The zero-order valence-corrected chi connectivity index (χ0v) is 12.1. The van der Waals surface area contributed by atoms with Gasteiger partial charge in [-0.15, -0.1) is 0 Å². The Balaban J connectivity index is 2.21. The molecule has 3 nitrogen and oxygen atoms in total. The number of benzene rings is 2. The Kier molecular flexibility index (Phi) is 3.67. The first kappa shape index (κ1) is 14.0. The second-order valence-electron chi connectivity index (χ2n) is 5.87. The Morgan fingerprint density at radius 3 is 2.15 bits per heavy atom. The van der Waals surface area contributed by atoms with Crippen LogP contribution < -0.4 is 11.1 Å². The lowest BCUT2D eigenvalue weighted by Gasteiger charge is -2.19. The van der Waals surface area contributed by atoms with Gasteiger partial charge in [0.2, 0.25) is 0 Å². The molecule has 3 N–H and O–H groups in total. The summed E-state index contributed by atoms with van der Waals surface area (Å²) < 4.78 is 0. The molecule has 0 aliphatic heterocycles. The second-order valence-corrected chi connectivity index (χ2v) is 5.87. The predicted octanol–water partition coefficient (Wildman–Crippen LogP) is 4.18. The van der Waals surface area contributed by atoms with Crippen LogP contribution in [0.4, 0.5) is 17.1 Å². The van der Waals surface area contributed by atoms with Gasteiger partial charge in [-0.05, 0) is 41.3 Å². The number of nitriles is 1.